The van der Waals surface area contributed by atoms with Gasteiger partial charge in [-0.3, -0.25) is 0 Å². The van der Waals surface area contributed by atoms with E-state index in [9.17, 15) is 8.78 Å². The third kappa shape index (κ3) is 2.65. The Labute approximate surface area is 106 Å². The average molecular weight is 244 g/mol. The van der Waals surface area contributed by atoms with E-state index in [1.165, 1.54) is 24.3 Å². The van der Waals surface area contributed by atoms with Crippen molar-refractivity contribution in [2.45, 2.75) is 13.8 Å². The van der Waals surface area contributed by atoms with Crippen molar-refractivity contribution in [2.24, 2.45) is 0 Å². The molecule has 2 aromatic carbocycles. The number of benzene rings is 2. The van der Waals surface area contributed by atoms with Crippen LogP contribution in [0.5, 0.6) is 0 Å². The molecule has 92 valence electrons. The number of halogens is 2. The molecule has 0 aliphatic carbocycles. The van der Waals surface area contributed by atoms with Gasteiger partial charge in [-0.15, -0.1) is 0 Å². The summed E-state index contributed by atoms with van der Waals surface area (Å²) < 4.78 is 25.7. The molecule has 0 nitrogen and oxygen atoms in total. The fourth-order valence-corrected chi connectivity index (χ4v) is 1.83. The molecule has 0 fully saturated rings. The van der Waals surface area contributed by atoms with E-state index in [2.05, 4.69) is 0 Å². The van der Waals surface area contributed by atoms with E-state index in [1.54, 1.807) is 24.3 Å². The summed E-state index contributed by atoms with van der Waals surface area (Å²) in [5, 5.41) is 0. The first kappa shape index (κ1) is 12.5. The molecule has 0 saturated heterocycles. The van der Waals surface area contributed by atoms with Crippen LogP contribution in [0, 0.1) is 11.6 Å². The topological polar surface area (TPSA) is 0 Å². The second kappa shape index (κ2) is 5.13. The molecule has 0 bridgehead atoms. The minimum atomic E-state index is -0.244. The number of hydrogen-bond acceptors (Lipinski definition) is 0. The van der Waals surface area contributed by atoms with Crippen molar-refractivity contribution in [3.05, 3.63) is 71.3 Å². The van der Waals surface area contributed by atoms with Crippen molar-refractivity contribution < 1.29 is 8.78 Å². The van der Waals surface area contributed by atoms with E-state index in [-0.39, 0.29) is 11.6 Å². The van der Waals surface area contributed by atoms with Crippen LogP contribution in [0.1, 0.15) is 25.0 Å². The maximum atomic E-state index is 12.9. The van der Waals surface area contributed by atoms with E-state index in [1.807, 2.05) is 13.8 Å². The minimum absolute atomic E-state index is 0.244. The third-order valence-corrected chi connectivity index (χ3v) is 3.12. The molecule has 0 radical (unpaired) electrons. The maximum absolute atomic E-state index is 12.9. The summed E-state index contributed by atoms with van der Waals surface area (Å²) in [5.41, 5.74) is 4.06. The molecular weight excluding hydrogens is 230 g/mol. The Morgan fingerprint density at radius 2 is 0.889 bits per heavy atom. The van der Waals surface area contributed by atoms with Gasteiger partial charge in [0, 0.05) is 0 Å². The number of allylic oxidation sites excluding steroid dienone is 2. The lowest BCUT2D eigenvalue weighted by Crippen LogP contribution is -1.87. The largest absolute Gasteiger partial charge is 0.207 e. The summed E-state index contributed by atoms with van der Waals surface area (Å²) in [6.07, 6.45) is 0. The first-order valence-corrected chi connectivity index (χ1v) is 5.77. The molecule has 18 heavy (non-hydrogen) atoms. The summed E-state index contributed by atoms with van der Waals surface area (Å²) in [6, 6.07) is 12.8. The fourth-order valence-electron chi connectivity index (χ4n) is 1.83. The molecule has 2 heteroatoms. The second-order valence-corrected chi connectivity index (χ2v) is 4.26. The number of hydrogen-bond donors (Lipinski definition) is 0. The van der Waals surface area contributed by atoms with Crippen LogP contribution in [0.25, 0.3) is 11.1 Å². The predicted octanol–water partition coefficient (Wildman–Crippen LogP) is 4.92. The highest BCUT2D eigenvalue weighted by molar-refractivity contribution is 5.88. The van der Waals surface area contributed by atoms with Gasteiger partial charge in [0.2, 0.25) is 0 Å². The van der Waals surface area contributed by atoms with Crippen LogP contribution in [0.2, 0.25) is 0 Å². The Kier molecular flexibility index (Phi) is 3.56. The van der Waals surface area contributed by atoms with Crippen molar-refractivity contribution in [1.29, 1.82) is 0 Å². The first-order chi connectivity index (χ1) is 8.58. The maximum Gasteiger partial charge on any atom is 0.123 e. The van der Waals surface area contributed by atoms with Gasteiger partial charge in [-0.05, 0) is 60.4 Å². The van der Waals surface area contributed by atoms with Crippen LogP contribution in [0.4, 0.5) is 8.78 Å². The predicted molar refractivity (Wildman–Crippen MR) is 71.0 cm³/mol. The van der Waals surface area contributed by atoms with Gasteiger partial charge in [0.1, 0.15) is 11.6 Å². The highest BCUT2D eigenvalue weighted by Gasteiger charge is 2.03. The lowest BCUT2D eigenvalue weighted by atomic mass is 9.97. The van der Waals surface area contributed by atoms with E-state index in [0.717, 1.165) is 22.3 Å². The van der Waals surface area contributed by atoms with Gasteiger partial charge in [-0.25, -0.2) is 8.78 Å². The van der Waals surface area contributed by atoms with Gasteiger partial charge in [0.15, 0.2) is 0 Å². The van der Waals surface area contributed by atoms with Crippen LogP contribution in [-0.4, -0.2) is 0 Å². The zero-order chi connectivity index (χ0) is 13.1. The normalized spacial score (nSPS) is 12.2. The molecule has 2 rings (SSSR count). The Balaban J connectivity index is 2.40. The molecular formula is C16H14F2. The van der Waals surface area contributed by atoms with E-state index < -0.39 is 0 Å². The Bertz CT molecular complexity index is 510. The van der Waals surface area contributed by atoms with Crippen molar-refractivity contribution in [2.75, 3.05) is 0 Å². The van der Waals surface area contributed by atoms with Gasteiger partial charge >= 0.3 is 0 Å². The van der Waals surface area contributed by atoms with Gasteiger partial charge in [0.05, 0.1) is 0 Å². The van der Waals surface area contributed by atoms with Crippen molar-refractivity contribution >= 4 is 11.1 Å². The van der Waals surface area contributed by atoms with Gasteiger partial charge < -0.3 is 0 Å². The van der Waals surface area contributed by atoms with E-state index in [4.69, 9.17) is 0 Å². The van der Waals surface area contributed by atoms with Crippen LogP contribution in [0.15, 0.2) is 48.5 Å². The molecule has 0 spiro atoms. The summed E-state index contributed by atoms with van der Waals surface area (Å²) >= 11 is 0. The standard InChI is InChI=1S/C16H14F2/c1-11(13-3-7-15(17)8-4-13)12(2)14-5-9-16(18)10-6-14/h3-10H,1-2H3/b12-11+. The quantitative estimate of drug-likeness (QED) is 0.658. The SMILES string of the molecule is C/C(=C(/C)c1ccc(F)cc1)c1ccc(F)cc1. The van der Waals surface area contributed by atoms with Crippen LogP contribution in [0.3, 0.4) is 0 Å². The van der Waals surface area contributed by atoms with Gasteiger partial charge in [-0.1, -0.05) is 24.3 Å². The zero-order valence-electron chi connectivity index (χ0n) is 10.4. The average Bonchev–Trinajstić information content (AvgIpc) is 2.39. The molecule has 0 saturated carbocycles. The van der Waals surface area contributed by atoms with Crippen LogP contribution in [-0.2, 0) is 0 Å². The third-order valence-electron chi connectivity index (χ3n) is 3.12. The Morgan fingerprint density at radius 1 is 0.611 bits per heavy atom. The molecule has 0 aromatic heterocycles. The van der Waals surface area contributed by atoms with E-state index in [0.29, 0.717) is 0 Å². The van der Waals surface area contributed by atoms with Crippen molar-refractivity contribution in [3.63, 3.8) is 0 Å². The fraction of sp³-hybridized carbons (Fsp3) is 0.125. The highest BCUT2D eigenvalue weighted by atomic mass is 19.1. The Morgan fingerprint density at radius 3 is 1.17 bits per heavy atom. The molecule has 0 heterocycles. The molecule has 2 aromatic rings. The minimum Gasteiger partial charge on any atom is -0.207 e. The summed E-state index contributed by atoms with van der Waals surface area (Å²) in [7, 11) is 0. The summed E-state index contributed by atoms with van der Waals surface area (Å²) in [5.74, 6) is -0.489. The molecule has 0 aliphatic heterocycles. The molecule has 0 N–H and O–H groups in total. The molecule has 0 unspecified atom stereocenters. The highest BCUT2D eigenvalue weighted by Crippen LogP contribution is 2.25. The van der Waals surface area contributed by atoms with Gasteiger partial charge in [0.25, 0.3) is 0 Å². The Hall–Kier alpha value is -1.96. The lowest BCUT2D eigenvalue weighted by molar-refractivity contribution is 0.627. The molecule has 0 atom stereocenters. The smallest absolute Gasteiger partial charge is 0.123 e. The zero-order valence-corrected chi connectivity index (χ0v) is 10.4. The lowest BCUT2D eigenvalue weighted by Gasteiger charge is -2.08. The second-order valence-electron chi connectivity index (χ2n) is 4.26. The van der Waals surface area contributed by atoms with Crippen LogP contribution >= 0.6 is 0 Å². The van der Waals surface area contributed by atoms with Gasteiger partial charge in [-0.2, -0.15) is 0 Å². The molecule has 0 amide bonds. The number of rotatable bonds is 2. The monoisotopic (exact) mass is 244 g/mol. The first-order valence-electron chi connectivity index (χ1n) is 5.77. The summed E-state index contributed by atoms with van der Waals surface area (Å²) in [4.78, 5) is 0. The van der Waals surface area contributed by atoms with Crippen LogP contribution < -0.4 is 0 Å². The van der Waals surface area contributed by atoms with Crippen molar-refractivity contribution in [3.8, 4) is 0 Å². The molecule has 0 aliphatic rings. The summed E-state index contributed by atoms with van der Waals surface area (Å²) in [6.45, 7) is 3.96. The van der Waals surface area contributed by atoms with Crippen molar-refractivity contribution in [1.82, 2.24) is 0 Å². The van der Waals surface area contributed by atoms with E-state index >= 15 is 0 Å².